The first kappa shape index (κ1) is 30.8. The standard InChI is InChI=1S/C31H36FN3O6S/c1-22(2)20-33-31(37)23(3)34(16-15-24-7-5-4-6-8-24)30(36)21-35(26-11-9-25(32)10-12-26)42(38,39)27-13-14-28-29(19-27)41-18-17-40-28/h4-14,19,22-23H,15-18,20-21H2,1-3H3,(H,33,37)/t23-/m0/s1. The molecule has 0 bridgehead atoms. The summed E-state index contributed by atoms with van der Waals surface area (Å²) in [7, 11) is -4.34. The topological polar surface area (TPSA) is 105 Å². The van der Waals surface area contributed by atoms with Crippen LogP contribution in [0.5, 0.6) is 11.5 Å². The van der Waals surface area contributed by atoms with Crippen LogP contribution in [0.2, 0.25) is 0 Å². The molecule has 1 N–H and O–H groups in total. The zero-order valence-corrected chi connectivity index (χ0v) is 24.8. The molecule has 2 amide bonds. The number of carbonyl (C=O) groups is 2. The first-order valence-electron chi connectivity index (χ1n) is 13.9. The van der Waals surface area contributed by atoms with Gasteiger partial charge in [-0.05, 0) is 61.2 Å². The molecular formula is C31H36FN3O6S. The predicted molar refractivity (Wildman–Crippen MR) is 158 cm³/mol. The van der Waals surface area contributed by atoms with Gasteiger partial charge < -0.3 is 19.7 Å². The van der Waals surface area contributed by atoms with Gasteiger partial charge in [0.05, 0.1) is 10.6 Å². The smallest absolute Gasteiger partial charge is 0.264 e. The van der Waals surface area contributed by atoms with Gasteiger partial charge in [-0.3, -0.25) is 13.9 Å². The first-order valence-corrected chi connectivity index (χ1v) is 15.3. The van der Waals surface area contributed by atoms with Gasteiger partial charge in [0.2, 0.25) is 11.8 Å². The number of ether oxygens (including phenoxy) is 2. The Labute approximate surface area is 246 Å². The average Bonchev–Trinajstić information content (AvgIpc) is 2.99. The van der Waals surface area contributed by atoms with E-state index in [0.29, 0.717) is 25.3 Å². The minimum Gasteiger partial charge on any atom is -0.486 e. The molecule has 3 aromatic rings. The van der Waals surface area contributed by atoms with Crippen LogP contribution < -0.4 is 19.1 Å². The van der Waals surface area contributed by atoms with E-state index in [-0.39, 0.29) is 41.3 Å². The van der Waals surface area contributed by atoms with Gasteiger partial charge in [-0.15, -0.1) is 0 Å². The molecule has 0 fully saturated rings. The van der Waals surface area contributed by atoms with Crippen molar-refractivity contribution in [2.45, 2.75) is 38.1 Å². The van der Waals surface area contributed by atoms with E-state index in [4.69, 9.17) is 9.47 Å². The van der Waals surface area contributed by atoms with E-state index >= 15 is 0 Å². The van der Waals surface area contributed by atoms with Crippen LogP contribution in [0, 0.1) is 11.7 Å². The first-order chi connectivity index (χ1) is 20.1. The number of nitrogens with zero attached hydrogens (tertiary/aromatic N) is 2. The van der Waals surface area contributed by atoms with Crippen LogP contribution in [0.4, 0.5) is 10.1 Å². The lowest BCUT2D eigenvalue weighted by molar-refractivity contribution is -0.138. The molecule has 0 aliphatic carbocycles. The molecule has 0 unspecified atom stereocenters. The SMILES string of the molecule is CC(C)CNC(=O)[C@H](C)N(CCc1ccccc1)C(=O)CN(c1ccc(F)cc1)S(=O)(=O)c1ccc2c(c1)OCCO2. The average molecular weight is 598 g/mol. The largest absolute Gasteiger partial charge is 0.486 e. The van der Waals surface area contributed by atoms with Gasteiger partial charge in [0, 0.05) is 19.2 Å². The highest BCUT2D eigenvalue weighted by atomic mass is 32.2. The zero-order chi connectivity index (χ0) is 30.3. The number of carbonyl (C=O) groups excluding carboxylic acids is 2. The molecule has 0 saturated heterocycles. The second-order valence-electron chi connectivity index (χ2n) is 10.4. The molecule has 11 heteroatoms. The molecule has 0 spiro atoms. The van der Waals surface area contributed by atoms with Crippen LogP contribution >= 0.6 is 0 Å². The fraction of sp³-hybridized carbons (Fsp3) is 0.355. The quantitative estimate of drug-likeness (QED) is 0.338. The van der Waals surface area contributed by atoms with Crippen molar-refractivity contribution in [2.75, 3.05) is 37.2 Å². The minimum atomic E-state index is -4.34. The number of halogens is 1. The van der Waals surface area contributed by atoms with Crippen molar-refractivity contribution in [2.24, 2.45) is 5.92 Å². The van der Waals surface area contributed by atoms with Crippen molar-refractivity contribution < 1.29 is 31.9 Å². The van der Waals surface area contributed by atoms with Gasteiger partial charge in [-0.1, -0.05) is 44.2 Å². The summed E-state index contributed by atoms with van der Waals surface area (Å²) in [6.07, 6.45) is 0.458. The molecular weight excluding hydrogens is 561 g/mol. The maximum atomic E-state index is 14.0. The molecule has 1 aliphatic heterocycles. The number of benzene rings is 3. The van der Waals surface area contributed by atoms with Crippen molar-refractivity contribution in [1.29, 1.82) is 0 Å². The highest BCUT2D eigenvalue weighted by molar-refractivity contribution is 7.92. The second-order valence-corrected chi connectivity index (χ2v) is 12.3. The van der Waals surface area contributed by atoms with E-state index in [1.165, 1.54) is 35.2 Å². The van der Waals surface area contributed by atoms with Gasteiger partial charge in [-0.25, -0.2) is 12.8 Å². The molecule has 1 aliphatic rings. The number of amides is 2. The summed E-state index contributed by atoms with van der Waals surface area (Å²) < 4.78 is 53.8. The number of nitrogens with one attached hydrogen (secondary N) is 1. The summed E-state index contributed by atoms with van der Waals surface area (Å²) in [6.45, 7) is 6.17. The fourth-order valence-corrected chi connectivity index (χ4v) is 5.90. The summed E-state index contributed by atoms with van der Waals surface area (Å²) in [4.78, 5) is 28.2. The molecule has 1 heterocycles. The van der Waals surface area contributed by atoms with Crippen LogP contribution in [-0.2, 0) is 26.0 Å². The van der Waals surface area contributed by atoms with Crippen molar-refractivity contribution >= 4 is 27.5 Å². The lowest BCUT2D eigenvalue weighted by Crippen LogP contribution is -2.52. The van der Waals surface area contributed by atoms with Gasteiger partial charge in [0.15, 0.2) is 11.5 Å². The fourth-order valence-electron chi connectivity index (χ4n) is 4.47. The highest BCUT2D eigenvalue weighted by Gasteiger charge is 2.33. The summed E-state index contributed by atoms with van der Waals surface area (Å²) in [5.74, 6) is -0.580. The molecule has 0 aromatic heterocycles. The van der Waals surface area contributed by atoms with Crippen molar-refractivity contribution in [3.63, 3.8) is 0 Å². The van der Waals surface area contributed by atoms with E-state index in [1.807, 2.05) is 44.2 Å². The Kier molecular flexibility index (Phi) is 10.1. The molecule has 224 valence electrons. The Morgan fingerprint density at radius 1 is 0.929 bits per heavy atom. The van der Waals surface area contributed by atoms with E-state index in [2.05, 4.69) is 5.32 Å². The predicted octanol–water partition coefficient (Wildman–Crippen LogP) is 4.02. The lowest BCUT2D eigenvalue weighted by atomic mass is 10.1. The third-order valence-electron chi connectivity index (χ3n) is 6.83. The maximum Gasteiger partial charge on any atom is 0.264 e. The molecule has 0 radical (unpaired) electrons. The monoisotopic (exact) mass is 597 g/mol. The van der Waals surface area contributed by atoms with Crippen molar-refractivity contribution in [3.05, 3.63) is 84.2 Å². The molecule has 1 atom stereocenters. The van der Waals surface area contributed by atoms with Gasteiger partial charge in [0.1, 0.15) is 31.6 Å². The Hall–Kier alpha value is -4.12. The van der Waals surface area contributed by atoms with Crippen LogP contribution in [0.1, 0.15) is 26.3 Å². The summed E-state index contributed by atoms with van der Waals surface area (Å²) in [5.41, 5.74) is 1.06. The van der Waals surface area contributed by atoms with Gasteiger partial charge in [0.25, 0.3) is 10.0 Å². The van der Waals surface area contributed by atoms with E-state index < -0.39 is 34.3 Å². The second kappa shape index (κ2) is 13.7. The van der Waals surface area contributed by atoms with E-state index in [1.54, 1.807) is 6.92 Å². The third kappa shape index (κ3) is 7.58. The minimum absolute atomic E-state index is 0.0968. The number of hydrogen-bond donors (Lipinski definition) is 1. The van der Waals surface area contributed by atoms with Crippen molar-refractivity contribution in [3.8, 4) is 11.5 Å². The number of sulfonamides is 1. The van der Waals surface area contributed by atoms with Crippen molar-refractivity contribution in [1.82, 2.24) is 10.2 Å². The molecule has 0 saturated carbocycles. The normalized spacial score (nSPS) is 13.4. The van der Waals surface area contributed by atoms with Gasteiger partial charge >= 0.3 is 0 Å². The summed E-state index contributed by atoms with van der Waals surface area (Å²) in [6, 6.07) is 17.7. The van der Waals surface area contributed by atoms with E-state index in [0.717, 1.165) is 22.0 Å². The Bertz CT molecular complexity index is 1480. The van der Waals surface area contributed by atoms with E-state index in [9.17, 15) is 22.4 Å². The number of anilines is 1. The van der Waals surface area contributed by atoms with Crippen LogP contribution in [0.15, 0.2) is 77.7 Å². The van der Waals surface area contributed by atoms with Crippen LogP contribution in [0.25, 0.3) is 0 Å². The number of hydrogen-bond acceptors (Lipinski definition) is 6. The number of rotatable bonds is 12. The maximum absolute atomic E-state index is 14.0. The number of fused-ring (bicyclic) bond motifs is 1. The Balaban J connectivity index is 1.66. The lowest BCUT2D eigenvalue weighted by Gasteiger charge is -2.32. The van der Waals surface area contributed by atoms with Crippen LogP contribution in [-0.4, -0.2) is 64.0 Å². The molecule has 42 heavy (non-hydrogen) atoms. The highest BCUT2D eigenvalue weighted by Crippen LogP contribution is 2.34. The van der Waals surface area contributed by atoms with Gasteiger partial charge in [-0.2, -0.15) is 0 Å². The Morgan fingerprint density at radius 3 is 2.26 bits per heavy atom. The molecule has 3 aromatic carbocycles. The third-order valence-corrected chi connectivity index (χ3v) is 8.60. The summed E-state index contributed by atoms with van der Waals surface area (Å²) in [5, 5.41) is 2.86. The Morgan fingerprint density at radius 2 is 1.60 bits per heavy atom. The zero-order valence-electron chi connectivity index (χ0n) is 24.0. The molecule has 4 rings (SSSR count). The molecule has 9 nitrogen and oxygen atoms in total. The summed E-state index contributed by atoms with van der Waals surface area (Å²) >= 11 is 0. The van der Waals surface area contributed by atoms with Crippen LogP contribution in [0.3, 0.4) is 0 Å².